The van der Waals surface area contributed by atoms with Gasteiger partial charge in [0, 0.05) is 0 Å². The SMILES string of the molecule is COC(=O)C(F)(OC(F)(F)C1(C(F)(F)F)OCCO1)C(F)(F)F. The van der Waals surface area contributed by atoms with Gasteiger partial charge >= 0.3 is 36.1 Å². The molecule has 1 heterocycles. The number of carbonyl (C=O) groups is 1. The van der Waals surface area contributed by atoms with E-state index in [1.807, 2.05) is 0 Å². The first-order valence-corrected chi connectivity index (χ1v) is 5.41. The van der Waals surface area contributed by atoms with Crippen LogP contribution >= 0.6 is 0 Å². The molecule has 0 aliphatic carbocycles. The van der Waals surface area contributed by atoms with Crippen molar-refractivity contribution in [3.8, 4) is 0 Å². The predicted octanol–water partition coefficient (Wildman–Crippen LogP) is 2.30. The van der Waals surface area contributed by atoms with Gasteiger partial charge in [0.25, 0.3) is 0 Å². The van der Waals surface area contributed by atoms with Crippen molar-refractivity contribution in [2.24, 2.45) is 0 Å². The van der Waals surface area contributed by atoms with E-state index in [2.05, 4.69) is 18.9 Å². The van der Waals surface area contributed by atoms with Gasteiger partial charge in [-0.05, 0) is 0 Å². The summed E-state index contributed by atoms with van der Waals surface area (Å²) in [5.41, 5.74) is 0. The Hall–Kier alpha value is -1.28. The van der Waals surface area contributed by atoms with Gasteiger partial charge in [0.05, 0.1) is 20.3 Å². The first-order valence-electron chi connectivity index (χ1n) is 5.41. The maximum absolute atomic E-state index is 13.7. The van der Waals surface area contributed by atoms with Gasteiger partial charge in [-0.15, -0.1) is 0 Å². The molecule has 5 nitrogen and oxygen atoms in total. The lowest BCUT2D eigenvalue weighted by molar-refractivity contribution is -0.503. The highest BCUT2D eigenvalue weighted by molar-refractivity contribution is 5.78. The topological polar surface area (TPSA) is 54.0 Å². The van der Waals surface area contributed by atoms with E-state index < -0.39 is 49.3 Å². The fourth-order valence-electron chi connectivity index (χ4n) is 1.50. The average molecular weight is 366 g/mol. The zero-order valence-electron chi connectivity index (χ0n) is 10.9. The summed E-state index contributed by atoms with van der Waals surface area (Å²) in [5.74, 6) is -13.9. The van der Waals surface area contributed by atoms with Crippen LogP contribution in [0.4, 0.5) is 39.5 Å². The van der Waals surface area contributed by atoms with Gasteiger partial charge in [-0.3, -0.25) is 4.74 Å². The van der Waals surface area contributed by atoms with Gasteiger partial charge in [-0.1, -0.05) is 0 Å². The molecule has 1 fully saturated rings. The fourth-order valence-corrected chi connectivity index (χ4v) is 1.50. The standard InChI is InChI=1S/C9H7F9O5/c1-20-4(19)5(10,7(11,12)13)23-9(17,18)6(8(14,15)16)21-2-3-22-6/h2-3H2,1H3. The number of hydrogen-bond acceptors (Lipinski definition) is 5. The maximum atomic E-state index is 13.7. The molecule has 1 aliphatic rings. The van der Waals surface area contributed by atoms with Crippen LogP contribution in [0, 0.1) is 0 Å². The summed E-state index contributed by atoms with van der Waals surface area (Å²) < 4.78 is 130. The molecule has 1 rings (SSSR count). The minimum atomic E-state index is -6.48. The summed E-state index contributed by atoms with van der Waals surface area (Å²) in [5, 5.41) is 0. The first kappa shape index (κ1) is 19.8. The molecular formula is C9H7F9O5. The van der Waals surface area contributed by atoms with Crippen LogP contribution in [0.3, 0.4) is 0 Å². The lowest BCUT2D eigenvalue weighted by atomic mass is 10.2. The van der Waals surface area contributed by atoms with Gasteiger partial charge in [-0.25, -0.2) is 4.79 Å². The van der Waals surface area contributed by atoms with Gasteiger partial charge < -0.3 is 14.2 Å². The molecule has 0 radical (unpaired) electrons. The molecule has 0 aromatic heterocycles. The molecule has 0 aromatic rings. The Kier molecular flexibility index (Phi) is 4.87. The van der Waals surface area contributed by atoms with Crippen molar-refractivity contribution in [3.63, 3.8) is 0 Å². The second-order valence-electron chi connectivity index (χ2n) is 4.01. The molecule has 1 saturated heterocycles. The first-order chi connectivity index (χ1) is 10.1. The van der Waals surface area contributed by atoms with E-state index in [0.29, 0.717) is 0 Å². The largest absolute Gasteiger partial charge is 0.465 e. The summed E-state index contributed by atoms with van der Waals surface area (Å²) in [6, 6.07) is 0. The summed E-state index contributed by atoms with van der Waals surface area (Å²) in [6.07, 6.45) is -18.7. The molecular weight excluding hydrogens is 359 g/mol. The van der Waals surface area contributed by atoms with Crippen LogP contribution in [0.25, 0.3) is 0 Å². The van der Waals surface area contributed by atoms with Crippen LogP contribution in [-0.4, -0.2) is 56.4 Å². The van der Waals surface area contributed by atoms with E-state index in [1.54, 1.807) is 0 Å². The number of alkyl halides is 9. The lowest BCUT2D eigenvalue weighted by Gasteiger charge is -2.38. The van der Waals surface area contributed by atoms with Crippen molar-refractivity contribution in [3.05, 3.63) is 0 Å². The fraction of sp³-hybridized carbons (Fsp3) is 0.889. The van der Waals surface area contributed by atoms with E-state index in [4.69, 9.17) is 0 Å². The monoisotopic (exact) mass is 366 g/mol. The second kappa shape index (κ2) is 5.66. The number of methoxy groups -OCH3 is 1. The Labute approximate surface area is 121 Å². The number of rotatable bonds is 4. The van der Waals surface area contributed by atoms with E-state index in [-0.39, 0.29) is 7.11 Å². The molecule has 0 saturated carbocycles. The van der Waals surface area contributed by atoms with Crippen LogP contribution in [0.15, 0.2) is 0 Å². The average Bonchev–Trinajstić information content (AvgIpc) is 2.86. The van der Waals surface area contributed by atoms with Crippen LogP contribution in [0.1, 0.15) is 0 Å². The van der Waals surface area contributed by atoms with Crippen LogP contribution in [0.5, 0.6) is 0 Å². The summed E-state index contributed by atoms with van der Waals surface area (Å²) in [7, 11) is 0.173. The van der Waals surface area contributed by atoms with Crippen molar-refractivity contribution in [2.45, 2.75) is 30.1 Å². The smallest absolute Gasteiger partial charge is 0.460 e. The Morgan fingerprint density at radius 2 is 1.39 bits per heavy atom. The molecule has 0 spiro atoms. The van der Waals surface area contributed by atoms with E-state index in [9.17, 15) is 44.3 Å². The Bertz CT molecular complexity index is 453. The zero-order chi connectivity index (χ0) is 18.3. The van der Waals surface area contributed by atoms with E-state index in [1.165, 1.54) is 0 Å². The van der Waals surface area contributed by atoms with Crippen molar-refractivity contribution in [1.82, 2.24) is 0 Å². The number of halogens is 9. The summed E-state index contributed by atoms with van der Waals surface area (Å²) in [4.78, 5) is 10.8. The third kappa shape index (κ3) is 3.06. The quantitative estimate of drug-likeness (QED) is 0.565. The zero-order valence-corrected chi connectivity index (χ0v) is 10.9. The molecule has 0 aromatic carbocycles. The minimum absolute atomic E-state index is 0.173. The Morgan fingerprint density at radius 1 is 0.957 bits per heavy atom. The van der Waals surface area contributed by atoms with Gasteiger partial charge in [0.1, 0.15) is 0 Å². The van der Waals surface area contributed by atoms with Gasteiger partial charge in [0.2, 0.25) is 0 Å². The minimum Gasteiger partial charge on any atom is -0.465 e. The van der Waals surface area contributed by atoms with Crippen molar-refractivity contribution in [1.29, 1.82) is 0 Å². The molecule has 0 bridgehead atoms. The predicted molar refractivity (Wildman–Crippen MR) is 48.6 cm³/mol. The molecule has 1 unspecified atom stereocenters. The Morgan fingerprint density at radius 3 is 1.70 bits per heavy atom. The van der Waals surface area contributed by atoms with Gasteiger partial charge in [-0.2, -0.15) is 39.5 Å². The molecule has 23 heavy (non-hydrogen) atoms. The normalized spacial score (nSPS) is 21.8. The molecule has 0 N–H and O–H groups in total. The Balaban J connectivity index is 3.33. The van der Waals surface area contributed by atoms with Crippen LogP contribution in [-0.2, 0) is 23.7 Å². The lowest BCUT2D eigenvalue weighted by Crippen LogP contribution is -2.66. The molecule has 14 heteroatoms. The number of hydrogen-bond donors (Lipinski definition) is 0. The van der Waals surface area contributed by atoms with Crippen LogP contribution in [0.2, 0.25) is 0 Å². The van der Waals surface area contributed by atoms with Crippen molar-refractivity contribution >= 4 is 5.97 Å². The molecule has 136 valence electrons. The molecule has 1 atom stereocenters. The number of carbonyl (C=O) groups excluding carboxylic acids is 1. The van der Waals surface area contributed by atoms with Crippen molar-refractivity contribution in [2.75, 3.05) is 20.3 Å². The van der Waals surface area contributed by atoms with Crippen molar-refractivity contribution < 1.29 is 63.3 Å². The van der Waals surface area contributed by atoms with Gasteiger partial charge in [0.15, 0.2) is 0 Å². The number of esters is 1. The van der Waals surface area contributed by atoms with E-state index >= 15 is 0 Å². The maximum Gasteiger partial charge on any atom is 0.460 e. The third-order valence-corrected chi connectivity index (χ3v) is 2.53. The molecule has 1 aliphatic heterocycles. The highest BCUT2D eigenvalue weighted by Crippen LogP contribution is 2.52. The highest BCUT2D eigenvalue weighted by Gasteiger charge is 2.80. The summed E-state index contributed by atoms with van der Waals surface area (Å²) >= 11 is 0. The molecule has 0 amide bonds. The highest BCUT2D eigenvalue weighted by atomic mass is 19.4. The van der Waals surface area contributed by atoms with E-state index in [0.717, 1.165) is 0 Å². The van der Waals surface area contributed by atoms with Crippen LogP contribution < -0.4 is 0 Å². The second-order valence-corrected chi connectivity index (χ2v) is 4.01. The third-order valence-electron chi connectivity index (χ3n) is 2.53. The number of ether oxygens (including phenoxy) is 4. The summed E-state index contributed by atoms with van der Waals surface area (Å²) in [6.45, 7) is -2.19.